The Kier molecular flexibility index (Phi) is 6.18. The van der Waals surface area contributed by atoms with Crippen molar-refractivity contribution in [1.29, 1.82) is 0 Å². The van der Waals surface area contributed by atoms with Crippen LogP contribution in [0.25, 0.3) is 10.8 Å². The Bertz CT molecular complexity index is 1110. The van der Waals surface area contributed by atoms with Crippen molar-refractivity contribution in [2.45, 2.75) is 25.4 Å². The molecule has 0 saturated heterocycles. The Morgan fingerprint density at radius 2 is 1.77 bits per heavy atom. The van der Waals surface area contributed by atoms with Gasteiger partial charge in [0, 0.05) is 11.6 Å². The monoisotopic (exact) mass is 418 g/mol. The SMILES string of the molecule is COc1ccc2cc(C[NH+](C)CC(=O)Nc3ccccc3C(=O)NC3CC3)ccc2c1. The van der Waals surface area contributed by atoms with E-state index in [0.717, 1.165) is 46.4 Å². The zero-order valence-corrected chi connectivity index (χ0v) is 17.9. The minimum atomic E-state index is -0.133. The highest BCUT2D eigenvalue weighted by atomic mass is 16.5. The van der Waals surface area contributed by atoms with Gasteiger partial charge in [-0.1, -0.05) is 30.3 Å². The fourth-order valence-corrected chi connectivity index (χ4v) is 3.67. The first-order valence-corrected chi connectivity index (χ1v) is 10.6. The van der Waals surface area contributed by atoms with Gasteiger partial charge in [-0.3, -0.25) is 9.59 Å². The Morgan fingerprint density at radius 3 is 2.55 bits per heavy atom. The Labute approximate surface area is 182 Å². The van der Waals surface area contributed by atoms with Crippen LogP contribution in [0.1, 0.15) is 28.8 Å². The molecule has 1 aliphatic rings. The quantitative estimate of drug-likeness (QED) is 0.526. The lowest BCUT2D eigenvalue weighted by Gasteiger charge is -2.16. The predicted octanol–water partition coefficient (Wildman–Crippen LogP) is 2.39. The lowest BCUT2D eigenvalue weighted by atomic mass is 10.1. The average molecular weight is 419 g/mol. The van der Waals surface area contributed by atoms with Crippen molar-refractivity contribution in [2.24, 2.45) is 0 Å². The van der Waals surface area contributed by atoms with Gasteiger partial charge in [-0.05, 0) is 53.9 Å². The molecule has 3 aromatic rings. The van der Waals surface area contributed by atoms with E-state index in [1.54, 1.807) is 19.2 Å². The van der Waals surface area contributed by atoms with Crippen LogP contribution in [0, 0.1) is 0 Å². The van der Waals surface area contributed by atoms with Crippen LogP contribution >= 0.6 is 0 Å². The molecule has 6 heteroatoms. The van der Waals surface area contributed by atoms with E-state index in [4.69, 9.17) is 4.74 Å². The van der Waals surface area contributed by atoms with Crippen LogP contribution in [0.5, 0.6) is 5.75 Å². The predicted molar refractivity (Wildman–Crippen MR) is 122 cm³/mol. The van der Waals surface area contributed by atoms with Crippen molar-refractivity contribution in [3.05, 3.63) is 71.8 Å². The molecule has 2 amide bonds. The number of rotatable bonds is 8. The largest absolute Gasteiger partial charge is 0.497 e. The van der Waals surface area contributed by atoms with E-state index in [9.17, 15) is 9.59 Å². The fourth-order valence-electron chi connectivity index (χ4n) is 3.67. The van der Waals surface area contributed by atoms with Gasteiger partial charge in [0.1, 0.15) is 12.3 Å². The first-order chi connectivity index (χ1) is 15.0. The second-order valence-corrected chi connectivity index (χ2v) is 8.20. The second kappa shape index (κ2) is 9.18. The Hall–Kier alpha value is -3.38. The summed E-state index contributed by atoms with van der Waals surface area (Å²) in [4.78, 5) is 26.1. The smallest absolute Gasteiger partial charge is 0.279 e. The number of amides is 2. The van der Waals surface area contributed by atoms with Crippen LogP contribution in [0.4, 0.5) is 5.69 Å². The summed E-state index contributed by atoms with van der Waals surface area (Å²) in [5.41, 5.74) is 2.22. The number of carbonyl (C=O) groups excluding carboxylic acids is 2. The highest BCUT2D eigenvalue weighted by Gasteiger charge is 2.25. The Morgan fingerprint density at radius 1 is 1.03 bits per heavy atom. The molecule has 0 bridgehead atoms. The van der Waals surface area contributed by atoms with Crippen LogP contribution in [0.15, 0.2) is 60.7 Å². The number of hydrogen-bond acceptors (Lipinski definition) is 3. The van der Waals surface area contributed by atoms with E-state index in [1.165, 1.54) is 0 Å². The molecule has 1 aliphatic carbocycles. The maximum atomic E-state index is 12.6. The lowest BCUT2D eigenvalue weighted by molar-refractivity contribution is -0.885. The minimum absolute atomic E-state index is 0.116. The molecule has 1 atom stereocenters. The Balaban J connectivity index is 1.37. The summed E-state index contributed by atoms with van der Waals surface area (Å²) in [6.07, 6.45) is 2.05. The number of methoxy groups -OCH3 is 1. The number of carbonyl (C=O) groups is 2. The molecule has 0 radical (unpaired) electrons. The standard InChI is InChI=1S/C25H27N3O3/c1-28(15-17-7-8-19-14-21(31-2)12-9-18(19)13-17)16-24(29)27-23-6-4-3-5-22(23)25(30)26-20-10-11-20/h3-9,12-14,20H,10-11,15-16H2,1-2H3,(H,26,30)(H,27,29)/p+1. The molecule has 31 heavy (non-hydrogen) atoms. The van der Waals surface area contributed by atoms with Gasteiger partial charge in [0.15, 0.2) is 6.54 Å². The maximum Gasteiger partial charge on any atom is 0.279 e. The van der Waals surface area contributed by atoms with Crippen LogP contribution in [0.3, 0.4) is 0 Å². The molecule has 6 nitrogen and oxygen atoms in total. The molecule has 1 fully saturated rings. The van der Waals surface area contributed by atoms with E-state index in [2.05, 4.69) is 28.8 Å². The zero-order chi connectivity index (χ0) is 21.8. The molecule has 1 saturated carbocycles. The molecule has 0 heterocycles. The number of likely N-dealkylation sites (N-methyl/N-ethyl adjacent to an activating group) is 1. The van der Waals surface area contributed by atoms with Gasteiger partial charge >= 0.3 is 0 Å². The summed E-state index contributed by atoms with van der Waals surface area (Å²) in [5.74, 6) is 0.590. The van der Waals surface area contributed by atoms with E-state index in [1.807, 2.05) is 37.4 Å². The second-order valence-electron chi connectivity index (χ2n) is 8.20. The van der Waals surface area contributed by atoms with E-state index >= 15 is 0 Å². The van der Waals surface area contributed by atoms with Crippen molar-refractivity contribution in [3.8, 4) is 5.75 Å². The summed E-state index contributed by atoms with van der Waals surface area (Å²) < 4.78 is 5.28. The third kappa shape index (κ3) is 5.41. The van der Waals surface area contributed by atoms with Gasteiger partial charge in [0.25, 0.3) is 11.8 Å². The number of anilines is 1. The van der Waals surface area contributed by atoms with Gasteiger partial charge in [-0.2, -0.15) is 0 Å². The van der Waals surface area contributed by atoms with E-state index in [-0.39, 0.29) is 17.9 Å². The number of nitrogens with one attached hydrogen (secondary N) is 3. The highest BCUT2D eigenvalue weighted by Crippen LogP contribution is 2.22. The highest BCUT2D eigenvalue weighted by molar-refractivity contribution is 6.04. The summed E-state index contributed by atoms with van der Waals surface area (Å²) >= 11 is 0. The molecule has 4 rings (SSSR count). The van der Waals surface area contributed by atoms with Gasteiger partial charge in [0.05, 0.1) is 25.4 Å². The lowest BCUT2D eigenvalue weighted by Crippen LogP contribution is -3.08. The molecular weight excluding hydrogens is 390 g/mol. The number of quaternary nitrogens is 1. The molecule has 3 N–H and O–H groups in total. The number of hydrogen-bond donors (Lipinski definition) is 3. The summed E-state index contributed by atoms with van der Waals surface area (Å²) in [6.45, 7) is 1.03. The number of benzene rings is 3. The molecule has 0 aromatic heterocycles. The van der Waals surface area contributed by atoms with E-state index < -0.39 is 0 Å². The number of ether oxygens (including phenoxy) is 1. The third-order valence-corrected chi connectivity index (χ3v) is 5.44. The molecular formula is C25H28N3O3+. The van der Waals surface area contributed by atoms with E-state index in [0.29, 0.717) is 17.8 Å². The summed E-state index contributed by atoms with van der Waals surface area (Å²) in [5, 5.41) is 8.15. The first-order valence-electron chi connectivity index (χ1n) is 10.6. The topological polar surface area (TPSA) is 71.9 Å². The van der Waals surface area contributed by atoms with Crippen LogP contribution in [-0.4, -0.2) is 38.6 Å². The first kappa shape index (κ1) is 20.9. The van der Waals surface area contributed by atoms with Crippen LogP contribution in [-0.2, 0) is 11.3 Å². The van der Waals surface area contributed by atoms with Crippen LogP contribution < -0.4 is 20.3 Å². The van der Waals surface area contributed by atoms with Crippen molar-refractivity contribution in [2.75, 3.05) is 26.0 Å². The molecule has 3 aromatic carbocycles. The third-order valence-electron chi connectivity index (χ3n) is 5.44. The normalized spacial score (nSPS) is 14.1. The number of fused-ring (bicyclic) bond motifs is 1. The molecule has 160 valence electrons. The number of para-hydroxylation sites is 1. The fraction of sp³-hybridized carbons (Fsp3) is 0.280. The van der Waals surface area contributed by atoms with Crippen LogP contribution in [0.2, 0.25) is 0 Å². The zero-order valence-electron chi connectivity index (χ0n) is 17.9. The summed E-state index contributed by atoms with van der Waals surface area (Å²) in [6, 6.07) is 19.7. The van der Waals surface area contributed by atoms with Crippen molar-refractivity contribution in [3.63, 3.8) is 0 Å². The van der Waals surface area contributed by atoms with Crippen molar-refractivity contribution in [1.82, 2.24) is 5.32 Å². The van der Waals surface area contributed by atoms with Gasteiger partial charge < -0.3 is 20.3 Å². The molecule has 0 spiro atoms. The van der Waals surface area contributed by atoms with Crippen molar-refractivity contribution >= 4 is 28.3 Å². The molecule has 0 aliphatic heterocycles. The van der Waals surface area contributed by atoms with Gasteiger partial charge in [-0.25, -0.2) is 0 Å². The van der Waals surface area contributed by atoms with Gasteiger partial charge in [0.2, 0.25) is 0 Å². The average Bonchev–Trinajstić information content (AvgIpc) is 3.57. The maximum absolute atomic E-state index is 12.6. The summed E-state index contributed by atoms with van der Waals surface area (Å²) in [7, 11) is 3.65. The van der Waals surface area contributed by atoms with Crippen molar-refractivity contribution < 1.29 is 19.2 Å². The minimum Gasteiger partial charge on any atom is -0.497 e. The van der Waals surface area contributed by atoms with Gasteiger partial charge in [-0.15, -0.1) is 0 Å². The molecule has 1 unspecified atom stereocenters.